The van der Waals surface area contributed by atoms with Crippen molar-refractivity contribution in [2.45, 2.75) is 63.6 Å². The molecule has 2 atom stereocenters. The molecule has 0 heterocycles. The molecule has 9 heteroatoms. The van der Waals surface area contributed by atoms with Gasteiger partial charge in [0.05, 0.1) is 17.4 Å². The van der Waals surface area contributed by atoms with Crippen molar-refractivity contribution in [1.82, 2.24) is 0 Å². The molecule has 23 heavy (non-hydrogen) atoms. The van der Waals surface area contributed by atoms with E-state index >= 15 is 0 Å². The minimum Gasteiger partial charge on any atom is -0.549 e. The van der Waals surface area contributed by atoms with Crippen LogP contribution >= 0.6 is 0 Å². The SMILES string of the molecule is CC(=O)OC1CC(C(=O)[O-])(C(=O)[O-])C1.N[C@@H]1CCCC[C@H]1N.[Pt+2]. The molecule has 0 bridgehead atoms. The van der Waals surface area contributed by atoms with Crippen LogP contribution in [0.5, 0.6) is 0 Å². The molecule has 2 saturated carbocycles. The molecule has 0 amide bonds. The Hall–Kier alpha value is -0.982. The standard InChI is InChI=1S/C8H10O6.C6H14N2.Pt/c1-4(9)14-5-2-8(3-5,6(10)11)7(12)13;7-5-3-1-2-4-6(5)8;/h5H,2-3H2,1H3,(H,10,11)(H,12,13);5-6H,1-4,7-8H2;/q;;+2/p-2/t;5-,6-;/m.1./s1. The molecule has 2 fully saturated rings. The molecule has 2 rings (SSSR count). The molecule has 0 radical (unpaired) electrons. The summed E-state index contributed by atoms with van der Waals surface area (Å²) >= 11 is 0. The van der Waals surface area contributed by atoms with Gasteiger partial charge in [0.15, 0.2) is 0 Å². The predicted molar refractivity (Wildman–Crippen MR) is 71.7 cm³/mol. The van der Waals surface area contributed by atoms with Gasteiger partial charge in [0.25, 0.3) is 0 Å². The number of aliphatic carboxylic acids is 2. The van der Waals surface area contributed by atoms with Crippen LogP contribution in [0.3, 0.4) is 0 Å². The summed E-state index contributed by atoms with van der Waals surface area (Å²) in [6, 6.07) is 0.562. The van der Waals surface area contributed by atoms with Crippen LogP contribution in [0.2, 0.25) is 0 Å². The number of carbonyl (C=O) groups is 3. The normalized spacial score (nSPS) is 25.7. The molecule has 0 aromatic heterocycles. The predicted octanol–water partition coefficient (Wildman–Crippen LogP) is -2.59. The van der Waals surface area contributed by atoms with Crippen LogP contribution in [0.1, 0.15) is 45.4 Å². The zero-order valence-electron chi connectivity index (χ0n) is 12.9. The summed E-state index contributed by atoms with van der Waals surface area (Å²) in [5.41, 5.74) is 9.32. The fourth-order valence-corrected chi connectivity index (χ4v) is 2.64. The van der Waals surface area contributed by atoms with E-state index in [0.717, 1.165) is 19.8 Å². The van der Waals surface area contributed by atoms with Crippen LogP contribution in [-0.2, 0) is 40.2 Å². The monoisotopic (exact) mass is 509 g/mol. The second-order valence-electron chi connectivity index (χ2n) is 5.91. The molecule has 0 aromatic carbocycles. The number of hydrogen-bond acceptors (Lipinski definition) is 8. The first kappa shape index (κ1) is 22.0. The molecule has 134 valence electrons. The van der Waals surface area contributed by atoms with Gasteiger partial charge in [-0.25, -0.2) is 0 Å². The summed E-state index contributed by atoms with van der Waals surface area (Å²) < 4.78 is 4.62. The molecule has 0 spiro atoms. The zero-order valence-corrected chi connectivity index (χ0v) is 15.2. The first-order valence-corrected chi connectivity index (χ1v) is 7.30. The van der Waals surface area contributed by atoms with Crippen molar-refractivity contribution < 1.29 is 50.4 Å². The Bertz CT molecular complexity index is 413. The van der Waals surface area contributed by atoms with Crippen LogP contribution in [0.15, 0.2) is 0 Å². The smallest absolute Gasteiger partial charge is 0.549 e. The largest absolute Gasteiger partial charge is 2.00 e. The summed E-state index contributed by atoms with van der Waals surface area (Å²) in [4.78, 5) is 31.5. The van der Waals surface area contributed by atoms with Gasteiger partial charge in [-0.3, -0.25) is 4.79 Å². The summed E-state index contributed by atoms with van der Waals surface area (Å²) in [7, 11) is 0. The van der Waals surface area contributed by atoms with E-state index in [-0.39, 0.29) is 46.0 Å². The van der Waals surface area contributed by atoms with Crippen LogP contribution in [0.4, 0.5) is 0 Å². The Morgan fingerprint density at radius 1 is 1.00 bits per heavy atom. The molecule has 0 aromatic rings. The average Bonchev–Trinajstić information content (AvgIpc) is 2.36. The van der Waals surface area contributed by atoms with Gasteiger partial charge in [-0.2, -0.15) is 0 Å². The van der Waals surface area contributed by atoms with Crippen molar-refractivity contribution in [1.29, 1.82) is 0 Å². The van der Waals surface area contributed by atoms with Crippen molar-refractivity contribution in [3.63, 3.8) is 0 Å². The quantitative estimate of drug-likeness (QED) is 0.310. The topological polar surface area (TPSA) is 159 Å². The third-order valence-electron chi connectivity index (χ3n) is 4.14. The average molecular weight is 509 g/mol. The summed E-state index contributed by atoms with van der Waals surface area (Å²) in [6.45, 7) is 1.16. The number of ether oxygens (including phenoxy) is 1. The minimum absolute atomic E-state index is 0. The van der Waals surface area contributed by atoms with Crippen molar-refractivity contribution >= 4 is 17.9 Å². The van der Waals surface area contributed by atoms with Crippen LogP contribution in [0.25, 0.3) is 0 Å². The van der Waals surface area contributed by atoms with E-state index in [2.05, 4.69) is 4.74 Å². The van der Waals surface area contributed by atoms with E-state index in [9.17, 15) is 24.6 Å². The van der Waals surface area contributed by atoms with Gasteiger partial charge in [-0.15, -0.1) is 0 Å². The third kappa shape index (κ3) is 5.86. The van der Waals surface area contributed by atoms with Gasteiger partial charge in [0.1, 0.15) is 6.10 Å². The van der Waals surface area contributed by atoms with Crippen LogP contribution in [-0.4, -0.2) is 36.1 Å². The maximum atomic E-state index is 10.5. The van der Waals surface area contributed by atoms with Gasteiger partial charge in [0.2, 0.25) is 0 Å². The first-order valence-electron chi connectivity index (χ1n) is 7.30. The third-order valence-corrected chi connectivity index (χ3v) is 4.14. The molecule has 0 unspecified atom stereocenters. The van der Waals surface area contributed by atoms with Gasteiger partial charge in [-0.05, 0) is 12.8 Å². The number of rotatable bonds is 3. The van der Waals surface area contributed by atoms with Gasteiger partial charge in [-0.1, -0.05) is 12.8 Å². The molecule has 2 aliphatic carbocycles. The number of carboxylic acid groups (broad SMARTS) is 2. The van der Waals surface area contributed by atoms with E-state index in [1.54, 1.807) is 0 Å². The Balaban J connectivity index is 0.000000460. The summed E-state index contributed by atoms with van der Waals surface area (Å²) in [5, 5.41) is 21.0. The Kier molecular flexibility index (Phi) is 8.95. The molecule has 0 aliphatic heterocycles. The number of hydrogen-bond donors (Lipinski definition) is 2. The molecule has 2 aliphatic rings. The molecule has 4 N–H and O–H groups in total. The molecule has 8 nitrogen and oxygen atoms in total. The van der Waals surface area contributed by atoms with E-state index in [4.69, 9.17) is 11.5 Å². The van der Waals surface area contributed by atoms with E-state index in [1.807, 2.05) is 0 Å². The summed E-state index contributed by atoms with van der Waals surface area (Å²) in [5.74, 6) is -3.96. The minimum atomic E-state index is -1.99. The van der Waals surface area contributed by atoms with Crippen molar-refractivity contribution in [3.05, 3.63) is 0 Å². The van der Waals surface area contributed by atoms with Crippen LogP contribution in [0, 0.1) is 5.41 Å². The van der Waals surface area contributed by atoms with E-state index in [1.165, 1.54) is 12.8 Å². The number of nitrogens with two attached hydrogens (primary N) is 2. The fraction of sp³-hybridized carbons (Fsp3) is 0.786. The number of carboxylic acids is 2. The second-order valence-corrected chi connectivity index (χ2v) is 5.91. The van der Waals surface area contributed by atoms with E-state index < -0.39 is 29.4 Å². The Labute approximate surface area is 149 Å². The molecular weight excluding hydrogens is 487 g/mol. The van der Waals surface area contributed by atoms with E-state index in [0.29, 0.717) is 0 Å². The van der Waals surface area contributed by atoms with Crippen LogP contribution < -0.4 is 21.7 Å². The van der Waals surface area contributed by atoms with Gasteiger partial charge < -0.3 is 36.0 Å². The van der Waals surface area contributed by atoms with Crippen molar-refractivity contribution in [2.75, 3.05) is 0 Å². The number of carbonyl (C=O) groups excluding carboxylic acids is 3. The number of esters is 1. The van der Waals surface area contributed by atoms with Crippen molar-refractivity contribution in [2.24, 2.45) is 16.9 Å². The van der Waals surface area contributed by atoms with Gasteiger partial charge >= 0.3 is 27.0 Å². The van der Waals surface area contributed by atoms with Crippen molar-refractivity contribution in [3.8, 4) is 0 Å². The fourth-order valence-electron chi connectivity index (χ4n) is 2.64. The molecule has 0 saturated heterocycles. The molecular formula is C14H22N2O6Pt. The Morgan fingerprint density at radius 2 is 1.39 bits per heavy atom. The van der Waals surface area contributed by atoms with Gasteiger partial charge in [0, 0.05) is 31.8 Å². The zero-order chi connectivity index (χ0) is 16.9. The summed E-state index contributed by atoms with van der Waals surface area (Å²) in [6.07, 6.45) is 3.57. The maximum absolute atomic E-state index is 10.5. The second kappa shape index (κ2) is 9.35. The first-order chi connectivity index (χ1) is 10.2. The Morgan fingerprint density at radius 3 is 1.65 bits per heavy atom. The maximum Gasteiger partial charge on any atom is 2.00 e.